The molecule has 1 amide bonds. The van der Waals surface area contributed by atoms with Gasteiger partial charge in [0.05, 0.1) is 5.02 Å². The minimum absolute atomic E-state index is 0.302. The normalized spacial score (nSPS) is 12.7. The van der Waals surface area contributed by atoms with Crippen LogP contribution in [-0.2, 0) is 0 Å². The fourth-order valence-corrected chi connectivity index (χ4v) is 3.25. The van der Waals surface area contributed by atoms with Gasteiger partial charge < -0.3 is 9.47 Å². The lowest BCUT2D eigenvalue weighted by molar-refractivity contribution is 0.102. The smallest absolute Gasteiger partial charge is 0.257 e. The number of carbonyl (C=O) groups is 1. The van der Waals surface area contributed by atoms with Crippen LogP contribution in [0.5, 0.6) is 11.5 Å². The number of rotatable bonds is 3. The van der Waals surface area contributed by atoms with Crippen molar-refractivity contribution < 1.29 is 18.7 Å². The van der Waals surface area contributed by atoms with E-state index in [0.717, 1.165) is 11.5 Å². The van der Waals surface area contributed by atoms with E-state index in [9.17, 15) is 9.18 Å². The number of ether oxygens (including phenoxy) is 2. The molecule has 2 heterocycles. The number of hydrogen-bond acceptors (Lipinski definition) is 6. The standard InChI is InChI=1S/C17H11ClFN3O3S/c18-12-7-10(8-13-14(12)25-6-5-24-13)16(23)21-17-20-15(22-26-17)9-1-3-11(19)4-2-9/h1-4,7-8H,5-6H2,(H,20,21,22,23). The predicted octanol–water partition coefficient (Wildman–Crippen LogP) is 4.02. The number of nitrogens with zero attached hydrogens (tertiary/aromatic N) is 2. The van der Waals surface area contributed by atoms with Gasteiger partial charge in [-0.2, -0.15) is 9.36 Å². The third-order valence-electron chi connectivity index (χ3n) is 3.61. The van der Waals surface area contributed by atoms with Gasteiger partial charge in [0.25, 0.3) is 5.91 Å². The Labute approximate surface area is 156 Å². The van der Waals surface area contributed by atoms with E-state index in [4.69, 9.17) is 21.1 Å². The molecule has 26 heavy (non-hydrogen) atoms. The summed E-state index contributed by atoms with van der Waals surface area (Å²) in [5.74, 6) is 0.534. The minimum atomic E-state index is -0.398. The number of halogens is 2. The zero-order valence-electron chi connectivity index (χ0n) is 13.2. The van der Waals surface area contributed by atoms with Crippen molar-refractivity contribution in [1.82, 2.24) is 9.36 Å². The van der Waals surface area contributed by atoms with Gasteiger partial charge in [-0.05, 0) is 36.4 Å². The lowest BCUT2D eigenvalue weighted by Crippen LogP contribution is -2.17. The molecule has 0 spiro atoms. The first-order valence-electron chi connectivity index (χ1n) is 7.60. The van der Waals surface area contributed by atoms with Gasteiger partial charge in [-0.15, -0.1) is 0 Å². The Balaban J connectivity index is 1.54. The second-order valence-electron chi connectivity index (χ2n) is 5.37. The molecule has 6 nitrogen and oxygen atoms in total. The molecule has 0 radical (unpaired) electrons. The maximum Gasteiger partial charge on any atom is 0.257 e. The molecule has 1 N–H and O–H groups in total. The van der Waals surface area contributed by atoms with E-state index in [2.05, 4.69) is 14.7 Å². The van der Waals surface area contributed by atoms with Crippen molar-refractivity contribution >= 4 is 34.2 Å². The SMILES string of the molecule is O=C(Nc1nc(-c2ccc(F)cc2)ns1)c1cc(Cl)c2c(c1)OCCO2. The number of nitrogens with one attached hydrogen (secondary N) is 1. The largest absolute Gasteiger partial charge is 0.486 e. The first-order chi connectivity index (χ1) is 12.6. The highest BCUT2D eigenvalue weighted by atomic mass is 35.5. The number of fused-ring (bicyclic) bond motifs is 1. The van der Waals surface area contributed by atoms with Crippen LogP contribution in [-0.4, -0.2) is 28.5 Å². The third-order valence-corrected chi connectivity index (χ3v) is 4.52. The summed E-state index contributed by atoms with van der Waals surface area (Å²) in [6.07, 6.45) is 0. The van der Waals surface area contributed by atoms with Crippen LogP contribution in [0, 0.1) is 5.82 Å². The summed E-state index contributed by atoms with van der Waals surface area (Å²) in [4.78, 5) is 16.7. The summed E-state index contributed by atoms with van der Waals surface area (Å²) < 4.78 is 28.1. The molecule has 0 unspecified atom stereocenters. The minimum Gasteiger partial charge on any atom is -0.486 e. The highest BCUT2D eigenvalue weighted by Gasteiger charge is 2.20. The molecule has 0 aliphatic carbocycles. The lowest BCUT2D eigenvalue weighted by Gasteiger charge is -2.20. The molecule has 0 atom stereocenters. The summed E-state index contributed by atoms with van der Waals surface area (Å²) in [5.41, 5.74) is 0.975. The van der Waals surface area contributed by atoms with Crippen LogP contribution in [0.3, 0.4) is 0 Å². The average Bonchev–Trinajstić information content (AvgIpc) is 3.10. The summed E-state index contributed by atoms with van der Waals surface area (Å²) in [7, 11) is 0. The van der Waals surface area contributed by atoms with Gasteiger partial charge in [0.2, 0.25) is 5.13 Å². The Morgan fingerprint density at radius 3 is 2.77 bits per heavy atom. The number of anilines is 1. The van der Waals surface area contributed by atoms with Crippen molar-refractivity contribution in [3.63, 3.8) is 0 Å². The van der Waals surface area contributed by atoms with Crippen LogP contribution >= 0.6 is 23.1 Å². The van der Waals surface area contributed by atoms with Crippen LogP contribution in [0.25, 0.3) is 11.4 Å². The number of aromatic nitrogens is 2. The molecule has 4 rings (SSSR count). The number of hydrogen-bond donors (Lipinski definition) is 1. The van der Waals surface area contributed by atoms with Crippen LogP contribution < -0.4 is 14.8 Å². The van der Waals surface area contributed by atoms with Gasteiger partial charge >= 0.3 is 0 Å². The first-order valence-corrected chi connectivity index (χ1v) is 8.75. The zero-order chi connectivity index (χ0) is 18.1. The average molecular weight is 392 g/mol. The molecule has 1 aliphatic rings. The third kappa shape index (κ3) is 3.33. The number of carbonyl (C=O) groups excluding carboxylic acids is 1. The number of benzene rings is 2. The molecule has 9 heteroatoms. The van der Waals surface area contributed by atoms with E-state index in [1.165, 1.54) is 18.2 Å². The van der Waals surface area contributed by atoms with Crippen molar-refractivity contribution in [2.24, 2.45) is 0 Å². The highest BCUT2D eigenvalue weighted by molar-refractivity contribution is 7.10. The van der Waals surface area contributed by atoms with E-state index < -0.39 is 5.91 Å². The molecule has 1 aromatic heterocycles. The molecule has 0 saturated carbocycles. The fourth-order valence-electron chi connectivity index (χ4n) is 2.40. The lowest BCUT2D eigenvalue weighted by atomic mass is 10.2. The van der Waals surface area contributed by atoms with E-state index in [1.54, 1.807) is 18.2 Å². The maximum atomic E-state index is 13.0. The van der Waals surface area contributed by atoms with Crippen LogP contribution in [0.15, 0.2) is 36.4 Å². The molecular weight excluding hydrogens is 381 g/mol. The van der Waals surface area contributed by atoms with E-state index in [0.29, 0.717) is 51.8 Å². The summed E-state index contributed by atoms with van der Waals surface area (Å²) in [5, 5.41) is 3.29. The van der Waals surface area contributed by atoms with Gasteiger partial charge in [0.15, 0.2) is 17.3 Å². The fraction of sp³-hybridized carbons (Fsp3) is 0.118. The van der Waals surface area contributed by atoms with E-state index in [1.807, 2.05) is 0 Å². The molecule has 0 fully saturated rings. The Hall–Kier alpha value is -2.71. The number of amides is 1. The van der Waals surface area contributed by atoms with Crippen LogP contribution in [0.2, 0.25) is 5.02 Å². The van der Waals surface area contributed by atoms with Crippen molar-refractivity contribution in [1.29, 1.82) is 0 Å². The van der Waals surface area contributed by atoms with E-state index in [-0.39, 0.29) is 5.82 Å². The molecule has 3 aromatic rings. The van der Waals surface area contributed by atoms with Gasteiger partial charge in [-0.1, -0.05) is 11.6 Å². The molecular formula is C17H11ClFN3O3S. The quantitative estimate of drug-likeness (QED) is 0.730. The van der Waals surface area contributed by atoms with Crippen molar-refractivity contribution in [3.8, 4) is 22.9 Å². The Morgan fingerprint density at radius 1 is 1.19 bits per heavy atom. The van der Waals surface area contributed by atoms with Gasteiger partial charge in [0, 0.05) is 22.7 Å². The summed E-state index contributed by atoms with van der Waals surface area (Å²) in [6, 6.07) is 8.87. The monoisotopic (exact) mass is 391 g/mol. The summed E-state index contributed by atoms with van der Waals surface area (Å²) >= 11 is 7.18. The maximum absolute atomic E-state index is 13.0. The van der Waals surface area contributed by atoms with Gasteiger partial charge in [0.1, 0.15) is 19.0 Å². The van der Waals surface area contributed by atoms with Crippen molar-refractivity contribution in [3.05, 3.63) is 52.8 Å². The molecule has 2 aromatic carbocycles. The molecule has 0 saturated heterocycles. The zero-order valence-corrected chi connectivity index (χ0v) is 14.7. The predicted molar refractivity (Wildman–Crippen MR) is 95.7 cm³/mol. The van der Waals surface area contributed by atoms with E-state index >= 15 is 0 Å². The highest BCUT2D eigenvalue weighted by Crippen LogP contribution is 2.38. The van der Waals surface area contributed by atoms with Crippen molar-refractivity contribution in [2.75, 3.05) is 18.5 Å². The Kier molecular flexibility index (Phi) is 4.44. The van der Waals surface area contributed by atoms with Gasteiger partial charge in [-0.25, -0.2) is 4.39 Å². The first kappa shape index (κ1) is 16.7. The Bertz CT molecular complexity index is 978. The Morgan fingerprint density at radius 2 is 1.96 bits per heavy atom. The van der Waals surface area contributed by atoms with Crippen LogP contribution in [0.1, 0.15) is 10.4 Å². The van der Waals surface area contributed by atoms with Crippen LogP contribution in [0.4, 0.5) is 9.52 Å². The van der Waals surface area contributed by atoms with Gasteiger partial charge in [-0.3, -0.25) is 10.1 Å². The summed E-state index contributed by atoms with van der Waals surface area (Å²) in [6.45, 7) is 0.807. The molecule has 1 aliphatic heterocycles. The second kappa shape index (κ2) is 6.89. The second-order valence-corrected chi connectivity index (χ2v) is 6.53. The van der Waals surface area contributed by atoms with Crippen molar-refractivity contribution in [2.45, 2.75) is 0 Å². The molecule has 0 bridgehead atoms. The topological polar surface area (TPSA) is 73.3 Å². The molecule has 132 valence electrons.